The van der Waals surface area contributed by atoms with Crippen molar-refractivity contribution >= 4 is 17.4 Å². The molecular formula is C23H17N3O3. The number of aliphatic hydroxyl groups excluding tert-OH is 1. The molecule has 2 aliphatic rings. The fourth-order valence-electron chi connectivity index (χ4n) is 4.40. The number of hydrogen-bond donors (Lipinski definition) is 2. The number of benzene rings is 2. The number of carbonyl (C=O) groups excluding carboxylic acids is 1. The number of rotatable bonds is 3. The number of fused-ring (bicyclic) bond motifs is 3. The minimum atomic E-state index is -0.687. The van der Waals surface area contributed by atoms with E-state index in [1.807, 2.05) is 24.3 Å². The molecule has 1 aromatic heterocycles. The highest BCUT2D eigenvalue weighted by molar-refractivity contribution is 6.11. The van der Waals surface area contributed by atoms with E-state index in [1.165, 1.54) is 11.1 Å². The summed E-state index contributed by atoms with van der Waals surface area (Å²) < 4.78 is 5.58. The lowest BCUT2D eigenvalue weighted by molar-refractivity contribution is -0.112. The molecule has 142 valence electrons. The minimum Gasteiger partial charge on any atom is -0.504 e. The van der Waals surface area contributed by atoms with Gasteiger partial charge in [0.2, 0.25) is 0 Å². The average molecular weight is 383 g/mol. The predicted octanol–water partition coefficient (Wildman–Crippen LogP) is 4.55. The SMILES string of the molecule is N#C/C(C(=O)Nc1ccccc1)=C(/O)c1noc2c1C1CCCc3cccc-2c31. The molecule has 0 saturated carbocycles. The smallest absolute Gasteiger partial charge is 0.270 e. The maximum atomic E-state index is 12.6. The summed E-state index contributed by atoms with van der Waals surface area (Å²) in [5.74, 6) is -0.458. The van der Waals surface area contributed by atoms with Gasteiger partial charge in [-0.05, 0) is 42.5 Å². The zero-order chi connectivity index (χ0) is 20.0. The van der Waals surface area contributed by atoms with E-state index in [0.717, 1.165) is 30.4 Å². The molecule has 0 spiro atoms. The molecule has 29 heavy (non-hydrogen) atoms. The lowest BCUT2D eigenvalue weighted by atomic mass is 9.81. The Morgan fingerprint density at radius 3 is 2.79 bits per heavy atom. The molecule has 1 amide bonds. The lowest BCUT2D eigenvalue weighted by Crippen LogP contribution is -2.16. The van der Waals surface area contributed by atoms with Crippen LogP contribution in [0, 0.1) is 11.3 Å². The summed E-state index contributed by atoms with van der Waals surface area (Å²) in [7, 11) is 0. The highest BCUT2D eigenvalue weighted by Gasteiger charge is 2.40. The van der Waals surface area contributed by atoms with E-state index in [1.54, 1.807) is 24.3 Å². The van der Waals surface area contributed by atoms with E-state index < -0.39 is 17.2 Å². The van der Waals surface area contributed by atoms with Crippen molar-refractivity contribution in [3.8, 4) is 17.4 Å². The van der Waals surface area contributed by atoms with Gasteiger partial charge >= 0.3 is 0 Å². The van der Waals surface area contributed by atoms with Crippen molar-refractivity contribution in [2.75, 3.05) is 5.32 Å². The largest absolute Gasteiger partial charge is 0.504 e. The Kier molecular flexibility index (Phi) is 3.95. The molecule has 6 heteroatoms. The predicted molar refractivity (Wildman–Crippen MR) is 107 cm³/mol. The van der Waals surface area contributed by atoms with E-state index >= 15 is 0 Å². The van der Waals surface area contributed by atoms with Crippen LogP contribution < -0.4 is 5.32 Å². The Labute approximate surface area is 167 Å². The Balaban J connectivity index is 1.57. The van der Waals surface area contributed by atoms with Crippen LogP contribution >= 0.6 is 0 Å². The van der Waals surface area contributed by atoms with Crippen LogP contribution in [0.25, 0.3) is 17.1 Å². The average Bonchev–Trinajstić information content (AvgIpc) is 3.31. The van der Waals surface area contributed by atoms with Crippen LogP contribution in [0.15, 0.2) is 58.6 Å². The maximum absolute atomic E-state index is 12.6. The second-order valence-electron chi connectivity index (χ2n) is 7.25. The van der Waals surface area contributed by atoms with Gasteiger partial charge in [-0.2, -0.15) is 5.26 Å². The minimum absolute atomic E-state index is 0.0606. The molecule has 0 saturated heterocycles. The number of nitrogens with zero attached hydrogens (tertiary/aromatic N) is 2. The summed E-state index contributed by atoms with van der Waals surface area (Å²) in [6.45, 7) is 0. The maximum Gasteiger partial charge on any atom is 0.270 e. The molecule has 0 bridgehead atoms. The number of nitrogens with one attached hydrogen (secondary N) is 1. The van der Waals surface area contributed by atoms with Crippen molar-refractivity contribution in [3.05, 3.63) is 76.5 Å². The van der Waals surface area contributed by atoms with Crippen LogP contribution in [-0.2, 0) is 11.2 Å². The highest BCUT2D eigenvalue weighted by Crippen LogP contribution is 2.53. The van der Waals surface area contributed by atoms with Gasteiger partial charge in [-0.25, -0.2) is 0 Å². The molecule has 1 heterocycles. The van der Waals surface area contributed by atoms with Gasteiger partial charge in [0.1, 0.15) is 6.07 Å². The second kappa shape index (κ2) is 6.64. The molecule has 2 aliphatic carbocycles. The third-order valence-electron chi connectivity index (χ3n) is 5.64. The topological polar surface area (TPSA) is 99.2 Å². The van der Waals surface area contributed by atoms with Gasteiger partial charge in [0, 0.05) is 22.7 Å². The standard InChI is InChI=1S/C23H17N3O3/c24-12-17(23(28)25-14-8-2-1-3-9-14)21(27)20-19-15-10-4-6-13-7-5-11-16(18(13)15)22(19)29-26-20/h1-3,5,7-9,11,15,27H,4,6,10H2,(H,25,28)/b21-17-. The third kappa shape index (κ3) is 2.63. The molecule has 5 rings (SSSR count). The molecule has 1 unspecified atom stereocenters. The van der Waals surface area contributed by atoms with Crippen molar-refractivity contribution < 1.29 is 14.4 Å². The van der Waals surface area contributed by atoms with Crippen molar-refractivity contribution in [1.29, 1.82) is 5.26 Å². The molecule has 1 atom stereocenters. The van der Waals surface area contributed by atoms with Crippen molar-refractivity contribution in [2.24, 2.45) is 0 Å². The van der Waals surface area contributed by atoms with Gasteiger partial charge in [0.05, 0.1) is 0 Å². The number of carbonyl (C=O) groups is 1. The van der Waals surface area contributed by atoms with E-state index in [0.29, 0.717) is 11.4 Å². The molecule has 0 aliphatic heterocycles. The lowest BCUT2D eigenvalue weighted by Gasteiger charge is -2.22. The third-order valence-corrected chi connectivity index (χ3v) is 5.64. The van der Waals surface area contributed by atoms with Crippen molar-refractivity contribution in [1.82, 2.24) is 5.16 Å². The van der Waals surface area contributed by atoms with Gasteiger partial charge < -0.3 is 14.9 Å². The van der Waals surface area contributed by atoms with Crippen LogP contribution in [0.4, 0.5) is 5.69 Å². The van der Waals surface area contributed by atoms with E-state index in [4.69, 9.17) is 4.52 Å². The number of aliphatic hydroxyl groups is 1. The molecule has 6 nitrogen and oxygen atoms in total. The van der Waals surface area contributed by atoms with Gasteiger partial charge in [0.15, 0.2) is 22.8 Å². The van der Waals surface area contributed by atoms with Crippen LogP contribution in [0.2, 0.25) is 0 Å². The summed E-state index contributed by atoms with van der Waals surface area (Å²) in [4.78, 5) is 12.6. The summed E-state index contributed by atoms with van der Waals surface area (Å²) >= 11 is 0. The van der Waals surface area contributed by atoms with Gasteiger partial charge in [-0.1, -0.05) is 41.6 Å². The molecule has 0 fully saturated rings. The number of nitriles is 1. The summed E-state index contributed by atoms with van der Waals surface area (Å²) in [6.07, 6.45) is 2.95. The number of hydrogen-bond acceptors (Lipinski definition) is 5. The first-order valence-electron chi connectivity index (χ1n) is 9.51. The first kappa shape index (κ1) is 17.3. The van der Waals surface area contributed by atoms with Crippen molar-refractivity contribution in [2.45, 2.75) is 25.2 Å². The highest BCUT2D eigenvalue weighted by atomic mass is 16.5. The van der Waals surface area contributed by atoms with E-state index in [2.05, 4.69) is 16.5 Å². The Bertz CT molecular complexity index is 1200. The zero-order valence-corrected chi connectivity index (χ0v) is 15.5. The molecular weight excluding hydrogens is 366 g/mol. The van der Waals surface area contributed by atoms with Crippen LogP contribution in [-0.4, -0.2) is 16.2 Å². The first-order valence-corrected chi connectivity index (χ1v) is 9.51. The quantitative estimate of drug-likeness (QED) is 0.393. The first-order chi connectivity index (χ1) is 14.2. The van der Waals surface area contributed by atoms with Crippen LogP contribution in [0.5, 0.6) is 0 Å². The number of para-hydroxylation sites is 1. The van der Waals surface area contributed by atoms with Gasteiger partial charge in [0.25, 0.3) is 5.91 Å². The normalized spacial score (nSPS) is 17.0. The Morgan fingerprint density at radius 2 is 2.00 bits per heavy atom. The van der Waals surface area contributed by atoms with E-state index in [-0.39, 0.29) is 11.6 Å². The summed E-state index contributed by atoms with van der Waals surface area (Å²) in [5.41, 5.74) is 4.57. The molecule has 0 radical (unpaired) electrons. The molecule has 2 aromatic carbocycles. The number of anilines is 1. The van der Waals surface area contributed by atoms with Crippen LogP contribution in [0.1, 0.15) is 41.1 Å². The fraction of sp³-hybridized carbons (Fsp3) is 0.174. The monoisotopic (exact) mass is 383 g/mol. The van der Waals surface area contributed by atoms with Crippen LogP contribution in [0.3, 0.4) is 0 Å². The van der Waals surface area contributed by atoms with Gasteiger partial charge in [-0.3, -0.25) is 4.79 Å². The zero-order valence-electron chi connectivity index (χ0n) is 15.5. The van der Waals surface area contributed by atoms with Gasteiger partial charge in [-0.15, -0.1) is 0 Å². The number of aryl methyl sites for hydroxylation is 1. The molecule has 2 N–H and O–H groups in total. The Morgan fingerprint density at radius 1 is 1.17 bits per heavy atom. The number of aromatic nitrogens is 1. The van der Waals surface area contributed by atoms with E-state index in [9.17, 15) is 15.2 Å². The number of amides is 1. The Hall–Kier alpha value is -3.85. The second-order valence-corrected chi connectivity index (χ2v) is 7.25. The fourth-order valence-corrected chi connectivity index (χ4v) is 4.40. The van der Waals surface area contributed by atoms with Crippen molar-refractivity contribution in [3.63, 3.8) is 0 Å². The molecule has 3 aromatic rings. The summed E-state index contributed by atoms with van der Waals surface area (Å²) in [6, 6.07) is 16.7. The summed E-state index contributed by atoms with van der Waals surface area (Å²) in [5, 5.41) is 27.1.